The fourth-order valence-electron chi connectivity index (χ4n) is 3.17. The molecule has 1 aliphatic heterocycles. The van der Waals surface area contributed by atoms with Gasteiger partial charge in [-0.1, -0.05) is 13.8 Å². The summed E-state index contributed by atoms with van der Waals surface area (Å²) in [5.41, 5.74) is -2.45. The molecule has 1 aromatic rings. The molecule has 0 aromatic carbocycles. The first-order valence-electron chi connectivity index (χ1n) is 9.77. The number of H-pyrrole nitrogens is 1. The highest BCUT2D eigenvalue weighted by molar-refractivity contribution is 7.54. The minimum Gasteiger partial charge on any atom is -0.388 e. The Morgan fingerprint density at radius 1 is 1.23 bits per heavy atom. The van der Waals surface area contributed by atoms with Crippen molar-refractivity contribution in [3.63, 3.8) is 0 Å². The summed E-state index contributed by atoms with van der Waals surface area (Å²) in [7, 11) is -4.46. The topological polar surface area (TPSA) is 171 Å². The normalized spacial score (nSPS) is 30.4. The number of aryl methyl sites for hydroxylation is 1. The minimum atomic E-state index is -4.46. The Bertz CT molecular complexity index is 927. The van der Waals surface area contributed by atoms with Crippen molar-refractivity contribution in [1.82, 2.24) is 9.55 Å². The largest absolute Gasteiger partial charge is 0.388 e. The molecule has 1 fully saturated rings. The third-order valence-corrected chi connectivity index (χ3v) is 7.98. The van der Waals surface area contributed by atoms with Crippen LogP contribution in [0.3, 0.4) is 0 Å². The molecule has 0 aliphatic carbocycles. The highest BCUT2D eigenvalue weighted by Gasteiger charge is 2.50. The number of rotatable bonds is 8. The van der Waals surface area contributed by atoms with E-state index in [2.05, 4.69) is 4.98 Å². The molecule has 11 nitrogen and oxygen atoms in total. The van der Waals surface area contributed by atoms with Crippen LogP contribution in [0.1, 0.15) is 58.7 Å². The van der Waals surface area contributed by atoms with Crippen molar-refractivity contribution in [3.05, 3.63) is 32.6 Å². The zero-order valence-corrected chi connectivity index (χ0v) is 18.6. The van der Waals surface area contributed by atoms with Crippen LogP contribution in [0, 0.1) is 6.92 Å². The lowest BCUT2D eigenvalue weighted by Crippen LogP contribution is -2.40. The summed E-state index contributed by atoms with van der Waals surface area (Å²) in [5.74, 6) is 0. The van der Waals surface area contributed by atoms with Crippen LogP contribution < -0.4 is 11.2 Å². The summed E-state index contributed by atoms with van der Waals surface area (Å²) in [6.07, 6.45) is -3.87. The standard InChI is InChI=1S/C18H31N2O9P/c1-6-17(4,29-30(26,27)18(5,25)7-2)8-11-12(21)13(22)15(28-11)20-9-10(3)14(23)19-16(20)24/h9,11-13,15,21-22,25H,6-8H2,1-5H3,(H,26,27)(H,19,23,24)/t11-,12?,13-,15-,17?,18?/m1/s1. The average molecular weight is 450 g/mol. The minimum absolute atomic E-state index is 0.0155. The summed E-state index contributed by atoms with van der Waals surface area (Å²) in [5, 5.41) is 29.1. The summed E-state index contributed by atoms with van der Waals surface area (Å²) in [6, 6.07) is 0. The highest BCUT2D eigenvalue weighted by Crippen LogP contribution is 2.59. The molecule has 1 aromatic heterocycles. The van der Waals surface area contributed by atoms with Gasteiger partial charge < -0.3 is 29.5 Å². The van der Waals surface area contributed by atoms with Crippen LogP contribution in [0.2, 0.25) is 0 Å². The summed E-state index contributed by atoms with van der Waals surface area (Å²) >= 11 is 0. The number of nitrogens with one attached hydrogen (secondary N) is 1. The SMILES string of the molecule is CCC(C)(C[C@H]1O[C@@H](n2cc(C)c(=O)[nH]c2=O)[C@H](O)C1O)OP(=O)(O)C(C)(O)CC. The molecule has 0 amide bonds. The Morgan fingerprint density at radius 3 is 2.37 bits per heavy atom. The maximum atomic E-state index is 12.6. The van der Waals surface area contributed by atoms with E-state index in [9.17, 15) is 34.4 Å². The number of hydrogen-bond donors (Lipinski definition) is 5. The van der Waals surface area contributed by atoms with E-state index >= 15 is 0 Å². The van der Waals surface area contributed by atoms with Crippen LogP contribution in [0.15, 0.2) is 15.8 Å². The quantitative estimate of drug-likeness (QED) is 0.350. The first kappa shape index (κ1) is 24.9. The van der Waals surface area contributed by atoms with Crippen molar-refractivity contribution >= 4 is 7.60 Å². The third-order valence-electron chi connectivity index (χ3n) is 5.76. The van der Waals surface area contributed by atoms with Gasteiger partial charge in [0.05, 0.1) is 11.7 Å². The first-order chi connectivity index (χ1) is 13.7. The fourth-order valence-corrected chi connectivity index (χ4v) is 4.57. The van der Waals surface area contributed by atoms with Crippen LogP contribution in [0.4, 0.5) is 0 Å². The van der Waals surface area contributed by atoms with E-state index in [-0.39, 0.29) is 24.8 Å². The Balaban J connectivity index is 2.28. The Hall–Kier alpha value is -1.33. The predicted octanol–water partition coefficient (Wildman–Crippen LogP) is 0.344. The summed E-state index contributed by atoms with van der Waals surface area (Å²) in [6.45, 7) is 7.46. The van der Waals surface area contributed by atoms with Gasteiger partial charge >= 0.3 is 13.3 Å². The number of aliphatic hydroxyl groups is 3. The van der Waals surface area contributed by atoms with Crippen molar-refractivity contribution in [2.75, 3.05) is 0 Å². The van der Waals surface area contributed by atoms with Gasteiger partial charge in [0, 0.05) is 18.2 Å². The molecule has 0 spiro atoms. The van der Waals surface area contributed by atoms with E-state index in [0.29, 0.717) is 0 Å². The molecule has 2 heterocycles. The predicted molar refractivity (Wildman–Crippen MR) is 107 cm³/mol. The van der Waals surface area contributed by atoms with Crippen LogP contribution in [-0.2, 0) is 13.8 Å². The van der Waals surface area contributed by atoms with Gasteiger partial charge in [-0.15, -0.1) is 0 Å². The van der Waals surface area contributed by atoms with Crippen molar-refractivity contribution < 1.29 is 34.0 Å². The first-order valence-corrected chi connectivity index (χ1v) is 11.4. The molecule has 2 rings (SSSR count). The molecule has 1 aliphatic rings. The molecule has 0 radical (unpaired) electrons. The Morgan fingerprint density at radius 2 is 1.83 bits per heavy atom. The smallest absolute Gasteiger partial charge is 0.359 e. The zero-order valence-electron chi connectivity index (χ0n) is 17.7. The van der Waals surface area contributed by atoms with E-state index in [1.165, 1.54) is 27.0 Å². The average Bonchev–Trinajstić information content (AvgIpc) is 2.92. The maximum absolute atomic E-state index is 12.6. The second-order valence-electron chi connectivity index (χ2n) is 8.21. The number of nitrogens with zero attached hydrogens (tertiary/aromatic N) is 1. The van der Waals surface area contributed by atoms with Gasteiger partial charge in [0.2, 0.25) is 0 Å². The van der Waals surface area contributed by atoms with Gasteiger partial charge in [0.1, 0.15) is 12.2 Å². The number of aliphatic hydroxyl groups excluding tert-OH is 2. The van der Waals surface area contributed by atoms with Crippen molar-refractivity contribution in [3.8, 4) is 0 Å². The second-order valence-corrected chi connectivity index (χ2v) is 10.4. The number of ether oxygens (including phenoxy) is 1. The lowest BCUT2D eigenvalue weighted by molar-refractivity contribution is -0.0715. The highest BCUT2D eigenvalue weighted by atomic mass is 31.2. The molecule has 4 unspecified atom stereocenters. The molecule has 5 N–H and O–H groups in total. The molecule has 0 bridgehead atoms. The van der Waals surface area contributed by atoms with Crippen molar-refractivity contribution in [2.45, 2.75) is 89.4 Å². The van der Waals surface area contributed by atoms with Gasteiger partial charge in [0.25, 0.3) is 5.56 Å². The number of hydrogen-bond acceptors (Lipinski definition) is 8. The molecular formula is C18H31N2O9P. The van der Waals surface area contributed by atoms with E-state index in [0.717, 1.165) is 4.57 Å². The summed E-state index contributed by atoms with van der Waals surface area (Å²) in [4.78, 5) is 36.1. The summed E-state index contributed by atoms with van der Waals surface area (Å²) < 4.78 is 24.7. The van der Waals surface area contributed by atoms with Crippen LogP contribution in [0.25, 0.3) is 0 Å². The molecule has 1 saturated heterocycles. The molecule has 7 atom stereocenters. The van der Waals surface area contributed by atoms with Gasteiger partial charge in [-0.05, 0) is 33.6 Å². The van der Waals surface area contributed by atoms with E-state index in [4.69, 9.17) is 9.26 Å². The Kier molecular flexibility index (Phi) is 7.20. The number of aromatic amines is 1. The molecule has 0 saturated carbocycles. The van der Waals surface area contributed by atoms with Gasteiger partial charge in [0.15, 0.2) is 11.6 Å². The van der Waals surface area contributed by atoms with E-state index < -0.39 is 54.3 Å². The van der Waals surface area contributed by atoms with Crippen LogP contribution in [-0.4, -0.2) is 59.0 Å². The maximum Gasteiger partial charge on any atom is 0.359 e. The molecule has 172 valence electrons. The van der Waals surface area contributed by atoms with Crippen molar-refractivity contribution in [1.29, 1.82) is 0 Å². The number of aromatic nitrogens is 2. The van der Waals surface area contributed by atoms with Crippen LogP contribution >= 0.6 is 7.60 Å². The molecule has 30 heavy (non-hydrogen) atoms. The van der Waals surface area contributed by atoms with Gasteiger partial charge in [-0.2, -0.15) is 0 Å². The lowest BCUT2D eigenvalue weighted by Gasteiger charge is -2.37. The van der Waals surface area contributed by atoms with Gasteiger partial charge in [-0.3, -0.25) is 18.9 Å². The van der Waals surface area contributed by atoms with E-state index in [1.54, 1.807) is 13.8 Å². The zero-order chi connectivity index (χ0) is 23.1. The third kappa shape index (κ3) is 4.77. The molecular weight excluding hydrogens is 419 g/mol. The monoisotopic (exact) mass is 450 g/mol. The molecule has 12 heteroatoms. The van der Waals surface area contributed by atoms with Crippen LogP contribution in [0.5, 0.6) is 0 Å². The van der Waals surface area contributed by atoms with E-state index in [1.807, 2.05) is 0 Å². The van der Waals surface area contributed by atoms with Gasteiger partial charge in [-0.25, -0.2) is 4.79 Å². The van der Waals surface area contributed by atoms with Crippen molar-refractivity contribution in [2.24, 2.45) is 0 Å². The Labute approximate surface area is 173 Å². The lowest BCUT2D eigenvalue weighted by atomic mass is 9.93. The fraction of sp³-hybridized carbons (Fsp3) is 0.778. The second kappa shape index (κ2) is 8.66.